The van der Waals surface area contributed by atoms with Crippen molar-refractivity contribution in [2.45, 2.75) is 4.90 Å². The van der Waals surface area contributed by atoms with Gasteiger partial charge in [0.15, 0.2) is 21.7 Å². The number of aromatic amines is 1. The topological polar surface area (TPSA) is 181 Å². The number of H-pyrrole nitrogens is 1. The van der Waals surface area contributed by atoms with E-state index in [1.54, 1.807) is 38.6 Å². The van der Waals surface area contributed by atoms with Gasteiger partial charge in [0.05, 0.1) is 36.2 Å². The van der Waals surface area contributed by atoms with Crippen molar-refractivity contribution < 1.29 is 17.9 Å². The Hall–Kier alpha value is -5.13. The van der Waals surface area contributed by atoms with E-state index in [9.17, 15) is 8.42 Å². The first-order valence-electron chi connectivity index (χ1n) is 12.4. The minimum absolute atomic E-state index is 0.0139. The van der Waals surface area contributed by atoms with Crippen molar-refractivity contribution >= 4 is 88.2 Å². The summed E-state index contributed by atoms with van der Waals surface area (Å²) >= 11 is 6.77. The van der Waals surface area contributed by atoms with E-state index in [1.807, 2.05) is 12.1 Å². The third-order valence-electron chi connectivity index (χ3n) is 6.08. The van der Waals surface area contributed by atoms with Crippen molar-refractivity contribution in [3.05, 3.63) is 67.4 Å². The summed E-state index contributed by atoms with van der Waals surface area (Å²) in [6.07, 6.45) is 5.99. The van der Waals surface area contributed by atoms with Crippen LogP contribution in [-0.2, 0) is 10.0 Å². The van der Waals surface area contributed by atoms with Crippen molar-refractivity contribution in [2.24, 2.45) is 0 Å². The molecule has 5 N–H and O–H groups in total. The molecule has 43 heavy (non-hydrogen) atoms. The van der Waals surface area contributed by atoms with E-state index < -0.39 is 10.0 Å². The van der Waals surface area contributed by atoms with Crippen molar-refractivity contribution in [3.63, 3.8) is 0 Å². The highest BCUT2D eigenvalue weighted by Gasteiger charge is 2.17. The number of ether oxygens (including phenoxy) is 2. The van der Waals surface area contributed by atoms with Crippen LogP contribution < -0.4 is 30.1 Å². The van der Waals surface area contributed by atoms with Gasteiger partial charge in [-0.1, -0.05) is 11.3 Å². The van der Waals surface area contributed by atoms with E-state index in [1.165, 1.54) is 42.2 Å². The van der Waals surface area contributed by atoms with Crippen LogP contribution in [-0.4, -0.2) is 57.7 Å². The molecular formula is C26H22N10O4S3. The second kappa shape index (κ2) is 11.6. The summed E-state index contributed by atoms with van der Waals surface area (Å²) in [6, 6.07) is 11.4. The average molecular weight is 635 g/mol. The maximum atomic E-state index is 12.6. The molecule has 14 nitrogen and oxygen atoms in total. The highest BCUT2D eigenvalue weighted by molar-refractivity contribution is 7.92. The Bertz CT molecular complexity index is 2050. The van der Waals surface area contributed by atoms with Crippen LogP contribution in [0.1, 0.15) is 0 Å². The van der Waals surface area contributed by atoms with Crippen molar-refractivity contribution in [3.8, 4) is 11.5 Å². The Kier molecular flexibility index (Phi) is 7.58. The second-order valence-corrected chi connectivity index (χ2v) is 11.9. The number of anilines is 5. The Morgan fingerprint density at radius 1 is 0.953 bits per heavy atom. The number of nitrogens with zero attached hydrogens (tertiary/aromatic N) is 5. The molecule has 0 saturated carbocycles. The summed E-state index contributed by atoms with van der Waals surface area (Å²) in [6.45, 7) is 0. The lowest BCUT2D eigenvalue weighted by Crippen LogP contribution is -2.18. The number of aromatic nitrogens is 6. The fourth-order valence-corrected chi connectivity index (χ4v) is 6.13. The summed E-state index contributed by atoms with van der Waals surface area (Å²) in [5.74, 6) is 1.73. The van der Waals surface area contributed by atoms with Crippen LogP contribution in [0.15, 0.2) is 72.3 Å². The number of rotatable bonds is 9. The molecule has 2 aromatic carbocycles. The number of methoxy groups -OCH3 is 2. The predicted octanol–water partition coefficient (Wildman–Crippen LogP) is 4.73. The van der Waals surface area contributed by atoms with Gasteiger partial charge < -0.3 is 30.4 Å². The van der Waals surface area contributed by atoms with Crippen LogP contribution in [0.3, 0.4) is 0 Å². The molecule has 6 aromatic rings. The Morgan fingerprint density at radius 2 is 1.70 bits per heavy atom. The molecule has 0 aliphatic carbocycles. The molecule has 6 rings (SSSR count). The number of hydrogen-bond acceptors (Lipinski definition) is 12. The fourth-order valence-electron chi connectivity index (χ4n) is 4.16. The minimum Gasteiger partial charge on any atom is -0.493 e. The number of thiazole rings is 1. The van der Waals surface area contributed by atoms with Crippen LogP contribution in [0, 0.1) is 0 Å². The maximum absolute atomic E-state index is 12.6. The Labute approximate surface area is 254 Å². The smallest absolute Gasteiger partial charge is 0.264 e. The molecule has 0 fully saturated rings. The molecule has 0 bridgehead atoms. The molecule has 0 radical (unpaired) electrons. The molecule has 218 valence electrons. The summed E-state index contributed by atoms with van der Waals surface area (Å²) in [5, 5.41) is 12.5. The molecule has 0 atom stereocenters. The molecule has 0 aliphatic heterocycles. The van der Waals surface area contributed by atoms with Gasteiger partial charge in [-0.3, -0.25) is 0 Å². The standard InChI is InChI=1S/C26H22N10O4S3/c1-39-18-10-16-17(11-19(18)40-2)33-22-21(16)23(31-13-30-22)35-26-29-12-20(42-26)34-25(41)32-14-4-6-15(7-5-14)43(37,38)36-24-27-8-3-9-28-24/h3-13H,1-2H3,(H,27,28,36)(H2,32,34,41)(H2,29,30,31,33,35). The normalized spacial score (nSPS) is 11.3. The van der Waals surface area contributed by atoms with Crippen LogP contribution in [0.4, 0.5) is 27.6 Å². The highest BCUT2D eigenvalue weighted by Crippen LogP contribution is 2.38. The first-order chi connectivity index (χ1) is 20.8. The van der Waals surface area contributed by atoms with E-state index in [4.69, 9.17) is 21.7 Å². The molecule has 0 unspecified atom stereocenters. The SMILES string of the molecule is COc1cc2[nH]c3ncnc(Nc4ncc(NC(=S)Nc5ccc(S(=O)(=O)Nc6ncccn6)cc5)s4)c3c2cc1OC. The van der Waals surface area contributed by atoms with Gasteiger partial charge in [-0.2, -0.15) is 0 Å². The number of hydrogen-bond donors (Lipinski definition) is 5. The quantitative estimate of drug-likeness (QED) is 0.138. The lowest BCUT2D eigenvalue weighted by atomic mass is 10.2. The van der Waals surface area contributed by atoms with Gasteiger partial charge in [0, 0.05) is 29.5 Å². The van der Waals surface area contributed by atoms with E-state index in [0.29, 0.717) is 43.9 Å². The van der Waals surface area contributed by atoms with Crippen molar-refractivity contribution in [1.29, 1.82) is 0 Å². The van der Waals surface area contributed by atoms with E-state index in [2.05, 4.69) is 50.6 Å². The highest BCUT2D eigenvalue weighted by atomic mass is 32.2. The first-order valence-corrected chi connectivity index (χ1v) is 15.1. The van der Waals surface area contributed by atoms with Crippen LogP contribution in [0.25, 0.3) is 21.9 Å². The first kappa shape index (κ1) is 28.0. The monoisotopic (exact) mass is 634 g/mol. The third-order valence-corrected chi connectivity index (χ3v) is 8.45. The predicted molar refractivity (Wildman–Crippen MR) is 169 cm³/mol. The molecule has 0 saturated heterocycles. The van der Waals surface area contributed by atoms with E-state index >= 15 is 0 Å². The maximum Gasteiger partial charge on any atom is 0.264 e. The number of sulfonamides is 1. The summed E-state index contributed by atoms with van der Waals surface area (Å²) < 4.78 is 38.4. The van der Waals surface area contributed by atoms with Gasteiger partial charge in [0.1, 0.15) is 22.8 Å². The van der Waals surface area contributed by atoms with Crippen LogP contribution in [0.5, 0.6) is 11.5 Å². The molecule has 0 amide bonds. The van der Waals surface area contributed by atoms with Crippen LogP contribution >= 0.6 is 23.6 Å². The molecule has 17 heteroatoms. The zero-order valence-corrected chi connectivity index (χ0v) is 24.9. The zero-order valence-electron chi connectivity index (χ0n) is 22.4. The van der Waals surface area contributed by atoms with Crippen molar-refractivity contribution in [2.75, 3.05) is 34.9 Å². The third kappa shape index (κ3) is 5.94. The van der Waals surface area contributed by atoms with Crippen molar-refractivity contribution in [1.82, 2.24) is 29.9 Å². The summed E-state index contributed by atoms with van der Waals surface area (Å²) in [7, 11) is -0.684. The van der Waals surface area contributed by atoms with Gasteiger partial charge >= 0.3 is 0 Å². The van der Waals surface area contributed by atoms with Gasteiger partial charge in [0.25, 0.3) is 10.0 Å². The largest absolute Gasteiger partial charge is 0.493 e. The van der Waals surface area contributed by atoms with Gasteiger partial charge in [-0.15, -0.1) is 0 Å². The number of thiocarbonyl (C=S) groups is 1. The lowest BCUT2D eigenvalue weighted by molar-refractivity contribution is 0.356. The molecule has 4 heterocycles. The van der Waals surface area contributed by atoms with Gasteiger partial charge in [-0.25, -0.2) is 38.1 Å². The lowest BCUT2D eigenvalue weighted by Gasteiger charge is -2.10. The fraction of sp³-hybridized carbons (Fsp3) is 0.0769. The minimum atomic E-state index is -3.85. The summed E-state index contributed by atoms with van der Waals surface area (Å²) in [5.41, 5.74) is 2.05. The molecule has 0 spiro atoms. The van der Waals surface area contributed by atoms with Gasteiger partial charge in [-0.05, 0) is 48.6 Å². The molecule has 0 aliphatic rings. The number of fused-ring (bicyclic) bond motifs is 3. The molecular weight excluding hydrogens is 613 g/mol. The second-order valence-electron chi connectivity index (χ2n) is 8.76. The zero-order chi connectivity index (χ0) is 30.0. The average Bonchev–Trinajstić information content (AvgIpc) is 3.60. The van der Waals surface area contributed by atoms with E-state index in [-0.39, 0.29) is 10.8 Å². The summed E-state index contributed by atoms with van der Waals surface area (Å²) in [4.78, 5) is 24.3. The van der Waals surface area contributed by atoms with Crippen LogP contribution in [0.2, 0.25) is 0 Å². The van der Waals surface area contributed by atoms with E-state index in [0.717, 1.165) is 16.3 Å². The molecule has 4 aromatic heterocycles. The van der Waals surface area contributed by atoms with Gasteiger partial charge in [0.2, 0.25) is 5.95 Å². The number of benzene rings is 2. The number of nitrogens with one attached hydrogen (secondary N) is 5. The Balaban J connectivity index is 1.13. The Morgan fingerprint density at radius 3 is 2.44 bits per heavy atom.